The minimum absolute atomic E-state index is 0.0149. The Morgan fingerprint density at radius 1 is 1.05 bits per heavy atom. The zero-order valence-electron chi connectivity index (χ0n) is 13.4. The molecule has 0 aromatic carbocycles. The number of esters is 1. The molecule has 1 rings (SSSR count). The SMILES string of the molecule is CCCCCCCC(CCCC)OC(=O)c1cnccn1. The number of unbranched alkanes of at least 4 members (excludes halogenated alkanes) is 5. The molecule has 0 aliphatic heterocycles. The summed E-state index contributed by atoms with van der Waals surface area (Å²) in [6.07, 6.45) is 14.8. The first kappa shape index (κ1) is 17.6. The summed E-state index contributed by atoms with van der Waals surface area (Å²) in [5, 5.41) is 0. The summed E-state index contributed by atoms with van der Waals surface area (Å²) in [7, 11) is 0. The first-order valence-electron chi connectivity index (χ1n) is 8.24. The molecule has 0 saturated heterocycles. The maximum atomic E-state index is 12.0. The van der Waals surface area contributed by atoms with Crippen molar-refractivity contribution in [1.82, 2.24) is 9.97 Å². The van der Waals surface area contributed by atoms with Crippen LogP contribution in [-0.4, -0.2) is 22.0 Å². The average molecular weight is 292 g/mol. The van der Waals surface area contributed by atoms with Crippen LogP contribution in [0.15, 0.2) is 18.6 Å². The van der Waals surface area contributed by atoms with E-state index in [2.05, 4.69) is 23.8 Å². The highest BCUT2D eigenvalue weighted by molar-refractivity contribution is 5.86. The van der Waals surface area contributed by atoms with Crippen LogP contribution in [0.5, 0.6) is 0 Å². The van der Waals surface area contributed by atoms with Crippen molar-refractivity contribution in [3.8, 4) is 0 Å². The molecule has 1 unspecified atom stereocenters. The van der Waals surface area contributed by atoms with Crippen molar-refractivity contribution in [2.24, 2.45) is 0 Å². The summed E-state index contributed by atoms with van der Waals surface area (Å²) < 4.78 is 5.60. The van der Waals surface area contributed by atoms with Gasteiger partial charge in [0.2, 0.25) is 0 Å². The molecule has 1 aromatic rings. The van der Waals surface area contributed by atoms with Gasteiger partial charge >= 0.3 is 5.97 Å². The molecule has 0 fully saturated rings. The van der Waals surface area contributed by atoms with Gasteiger partial charge in [-0.2, -0.15) is 0 Å². The van der Waals surface area contributed by atoms with E-state index in [-0.39, 0.29) is 12.1 Å². The largest absolute Gasteiger partial charge is 0.458 e. The Kier molecular flexibility index (Phi) is 9.42. The van der Waals surface area contributed by atoms with Gasteiger partial charge in [-0.25, -0.2) is 9.78 Å². The van der Waals surface area contributed by atoms with Gasteiger partial charge in [0.05, 0.1) is 6.20 Å². The molecule has 0 bridgehead atoms. The summed E-state index contributed by atoms with van der Waals surface area (Å²) >= 11 is 0. The third-order valence-electron chi connectivity index (χ3n) is 3.56. The van der Waals surface area contributed by atoms with E-state index in [0.717, 1.165) is 32.1 Å². The van der Waals surface area contributed by atoms with Gasteiger partial charge in [-0.3, -0.25) is 4.98 Å². The van der Waals surface area contributed by atoms with Crippen molar-refractivity contribution >= 4 is 5.97 Å². The van der Waals surface area contributed by atoms with Gasteiger partial charge in [0.1, 0.15) is 6.10 Å². The minimum atomic E-state index is -0.349. The Hall–Kier alpha value is -1.45. The highest BCUT2D eigenvalue weighted by atomic mass is 16.5. The van der Waals surface area contributed by atoms with Gasteiger partial charge in [0, 0.05) is 12.4 Å². The lowest BCUT2D eigenvalue weighted by Gasteiger charge is -2.17. The third kappa shape index (κ3) is 7.78. The lowest BCUT2D eigenvalue weighted by atomic mass is 10.0. The van der Waals surface area contributed by atoms with Crippen molar-refractivity contribution in [2.45, 2.75) is 77.7 Å². The van der Waals surface area contributed by atoms with Crippen molar-refractivity contribution < 1.29 is 9.53 Å². The lowest BCUT2D eigenvalue weighted by Crippen LogP contribution is -2.19. The van der Waals surface area contributed by atoms with Crippen molar-refractivity contribution in [3.05, 3.63) is 24.3 Å². The quantitative estimate of drug-likeness (QED) is 0.443. The minimum Gasteiger partial charge on any atom is -0.458 e. The van der Waals surface area contributed by atoms with Crippen molar-refractivity contribution in [2.75, 3.05) is 0 Å². The van der Waals surface area contributed by atoms with E-state index in [1.807, 2.05) is 0 Å². The van der Waals surface area contributed by atoms with E-state index in [4.69, 9.17) is 4.74 Å². The number of nitrogens with zero attached hydrogens (tertiary/aromatic N) is 2. The van der Waals surface area contributed by atoms with Crippen LogP contribution >= 0.6 is 0 Å². The molecular formula is C17H28N2O2. The van der Waals surface area contributed by atoms with Crippen LogP contribution in [0.25, 0.3) is 0 Å². The van der Waals surface area contributed by atoms with Gasteiger partial charge < -0.3 is 4.74 Å². The van der Waals surface area contributed by atoms with E-state index in [0.29, 0.717) is 5.69 Å². The molecular weight excluding hydrogens is 264 g/mol. The fourth-order valence-electron chi connectivity index (χ4n) is 2.29. The fourth-order valence-corrected chi connectivity index (χ4v) is 2.29. The van der Waals surface area contributed by atoms with Crippen LogP contribution in [0.4, 0.5) is 0 Å². The standard InChI is InChI=1S/C17H28N2O2/c1-3-5-7-8-9-11-15(10-6-4-2)21-17(20)16-14-18-12-13-19-16/h12-15H,3-11H2,1-2H3. The van der Waals surface area contributed by atoms with Gasteiger partial charge in [0.25, 0.3) is 0 Å². The Morgan fingerprint density at radius 3 is 2.43 bits per heavy atom. The molecule has 0 saturated carbocycles. The number of aromatic nitrogens is 2. The van der Waals surface area contributed by atoms with Gasteiger partial charge in [-0.1, -0.05) is 52.4 Å². The summed E-state index contributed by atoms with van der Waals surface area (Å²) in [5.74, 6) is -0.349. The summed E-state index contributed by atoms with van der Waals surface area (Å²) in [5.41, 5.74) is 0.296. The van der Waals surface area contributed by atoms with Crippen LogP contribution < -0.4 is 0 Å². The zero-order valence-corrected chi connectivity index (χ0v) is 13.4. The predicted molar refractivity (Wildman–Crippen MR) is 84.1 cm³/mol. The van der Waals surface area contributed by atoms with Gasteiger partial charge in [-0.15, -0.1) is 0 Å². The normalized spacial score (nSPS) is 12.1. The monoisotopic (exact) mass is 292 g/mol. The Labute approximate surface area is 128 Å². The maximum Gasteiger partial charge on any atom is 0.358 e. The van der Waals surface area contributed by atoms with E-state index in [9.17, 15) is 4.79 Å². The molecule has 1 aromatic heterocycles. The van der Waals surface area contributed by atoms with Crippen LogP contribution in [0.2, 0.25) is 0 Å². The molecule has 1 heterocycles. The molecule has 0 amide bonds. The summed E-state index contributed by atoms with van der Waals surface area (Å²) in [6.45, 7) is 4.37. The number of carbonyl (C=O) groups excluding carboxylic acids is 1. The highest BCUT2D eigenvalue weighted by Gasteiger charge is 2.16. The second kappa shape index (κ2) is 11.2. The molecule has 1 atom stereocenters. The third-order valence-corrected chi connectivity index (χ3v) is 3.56. The second-order valence-corrected chi connectivity index (χ2v) is 5.46. The second-order valence-electron chi connectivity index (χ2n) is 5.46. The number of carbonyl (C=O) groups is 1. The predicted octanol–water partition coefficient (Wildman–Crippen LogP) is 4.55. The van der Waals surface area contributed by atoms with E-state index < -0.39 is 0 Å². The topological polar surface area (TPSA) is 52.1 Å². The van der Waals surface area contributed by atoms with Gasteiger partial charge in [0.15, 0.2) is 5.69 Å². The Balaban J connectivity index is 2.39. The van der Waals surface area contributed by atoms with E-state index in [1.54, 1.807) is 6.20 Å². The molecule has 0 aliphatic carbocycles. The number of hydrogen-bond acceptors (Lipinski definition) is 4. The Morgan fingerprint density at radius 2 is 1.76 bits per heavy atom. The Bertz CT molecular complexity index is 382. The van der Waals surface area contributed by atoms with Crippen molar-refractivity contribution in [3.63, 3.8) is 0 Å². The summed E-state index contributed by atoms with van der Waals surface area (Å²) in [6, 6.07) is 0. The molecule has 0 N–H and O–H groups in total. The highest BCUT2D eigenvalue weighted by Crippen LogP contribution is 2.16. The van der Waals surface area contributed by atoms with Crippen LogP contribution in [0, 0.1) is 0 Å². The van der Waals surface area contributed by atoms with Crippen LogP contribution in [-0.2, 0) is 4.74 Å². The van der Waals surface area contributed by atoms with Gasteiger partial charge in [-0.05, 0) is 19.3 Å². The average Bonchev–Trinajstić information content (AvgIpc) is 2.52. The molecule has 0 radical (unpaired) electrons. The molecule has 4 heteroatoms. The number of hydrogen-bond donors (Lipinski definition) is 0. The van der Waals surface area contributed by atoms with Crippen LogP contribution in [0.1, 0.15) is 82.1 Å². The lowest BCUT2D eigenvalue weighted by molar-refractivity contribution is 0.0242. The number of ether oxygens (including phenoxy) is 1. The number of rotatable bonds is 11. The first-order valence-corrected chi connectivity index (χ1v) is 8.24. The van der Waals surface area contributed by atoms with Crippen LogP contribution in [0.3, 0.4) is 0 Å². The first-order chi connectivity index (χ1) is 10.3. The molecule has 0 spiro atoms. The maximum absolute atomic E-state index is 12.0. The molecule has 21 heavy (non-hydrogen) atoms. The zero-order chi connectivity index (χ0) is 15.3. The molecule has 4 nitrogen and oxygen atoms in total. The summed E-state index contributed by atoms with van der Waals surface area (Å²) in [4.78, 5) is 19.9. The van der Waals surface area contributed by atoms with Crippen molar-refractivity contribution in [1.29, 1.82) is 0 Å². The molecule has 118 valence electrons. The fraction of sp³-hybridized carbons (Fsp3) is 0.706. The van der Waals surface area contributed by atoms with E-state index in [1.165, 1.54) is 38.1 Å². The smallest absolute Gasteiger partial charge is 0.358 e. The molecule has 0 aliphatic rings. The van der Waals surface area contributed by atoms with E-state index >= 15 is 0 Å².